The van der Waals surface area contributed by atoms with E-state index in [0.717, 1.165) is 53.3 Å². The lowest BCUT2D eigenvalue weighted by molar-refractivity contribution is 0.0599. The Morgan fingerprint density at radius 1 is 0.914 bits per heavy atom. The molecule has 0 spiro atoms. The molecule has 0 radical (unpaired) electrons. The number of carbonyl (C=O) groups is 1. The third kappa shape index (κ3) is 4.79. The molecule has 4 aromatic rings. The van der Waals surface area contributed by atoms with Crippen molar-refractivity contribution >= 4 is 5.97 Å². The molecule has 1 aliphatic carbocycles. The fourth-order valence-corrected chi connectivity index (χ4v) is 5.37. The van der Waals surface area contributed by atoms with Crippen molar-refractivity contribution in [1.29, 1.82) is 0 Å². The highest BCUT2D eigenvalue weighted by Crippen LogP contribution is 2.43. The topological polar surface area (TPSA) is 52.3 Å². The maximum atomic E-state index is 12.2. The molecular formula is C31H31NO3. The molecule has 0 N–H and O–H groups in total. The predicted octanol–water partition coefficient (Wildman–Crippen LogP) is 7.62. The molecule has 4 nitrogen and oxygen atoms in total. The molecule has 35 heavy (non-hydrogen) atoms. The largest absolute Gasteiger partial charge is 0.465 e. The van der Waals surface area contributed by atoms with Crippen LogP contribution >= 0.6 is 0 Å². The lowest BCUT2D eigenvalue weighted by Gasteiger charge is -2.30. The minimum absolute atomic E-state index is 0.241. The average molecular weight is 466 g/mol. The molecule has 0 aliphatic heterocycles. The van der Waals surface area contributed by atoms with Gasteiger partial charge in [-0.2, -0.15) is 0 Å². The Labute approximate surface area is 207 Å². The van der Waals surface area contributed by atoms with Gasteiger partial charge in [0.05, 0.1) is 12.7 Å². The number of oxazole rings is 1. The average Bonchev–Trinajstić information content (AvgIpc) is 3.36. The van der Waals surface area contributed by atoms with Crippen LogP contribution in [0.1, 0.15) is 59.0 Å². The number of ether oxygens (including phenoxy) is 1. The summed E-state index contributed by atoms with van der Waals surface area (Å²) >= 11 is 0. The Bertz CT molecular complexity index is 1240. The summed E-state index contributed by atoms with van der Waals surface area (Å²) in [5, 5.41) is 0. The highest BCUT2D eigenvalue weighted by Gasteiger charge is 2.32. The van der Waals surface area contributed by atoms with E-state index in [1.165, 1.54) is 25.5 Å². The van der Waals surface area contributed by atoms with Crippen LogP contribution in [0, 0.1) is 12.8 Å². The van der Waals surface area contributed by atoms with E-state index >= 15 is 0 Å². The van der Waals surface area contributed by atoms with Gasteiger partial charge in [0.2, 0.25) is 0 Å². The molecule has 2 unspecified atom stereocenters. The highest BCUT2D eigenvalue weighted by molar-refractivity contribution is 5.91. The second-order valence-electron chi connectivity index (χ2n) is 9.40. The lowest BCUT2D eigenvalue weighted by Crippen LogP contribution is -2.21. The molecule has 4 heteroatoms. The van der Waals surface area contributed by atoms with Crippen molar-refractivity contribution in [2.45, 2.75) is 44.9 Å². The summed E-state index contributed by atoms with van der Waals surface area (Å²) in [4.78, 5) is 17.3. The zero-order chi connectivity index (χ0) is 24.2. The number of rotatable bonds is 6. The van der Waals surface area contributed by atoms with E-state index < -0.39 is 0 Å². The number of carbonyl (C=O) groups excluding carboxylic acids is 1. The minimum atomic E-state index is -0.280. The van der Waals surface area contributed by atoms with Gasteiger partial charge in [-0.3, -0.25) is 0 Å². The van der Waals surface area contributed by atoms with E-state index in [2.05, 4.69) is 30.3 Å². The third-order valence-electron chi connectivity index (χ3n) is 7.29. The molecule has 0 saturated heterocycles. The zero-order valence-corrected chi connectivity index (χ0v) is 20.4. The Morgan fingerprint density at radius 2 is 1.60 bits per heavy atom. The van der Waals surface area contributed by atoms with Gasteiger partial charge >= 0.3 is 5.97 Å². The van der Waals surface area contributed by atoms with Crippen molar-refractivity contribution in [3.05, 3.63) is 101 Å². The first-order valence-corrected chi connectivity index (χ1v) is 12.4. The van der Waals surface area contributed by atoms with Crippen LogP contribution < -0.4 is 0 Å². The van der Waals surface area contributed by atoms with E-state index in [1.54, 1.807) is 0 Å². The molecule has 2 atom stereocenters. The van der Waals surface area contributed by atoms with Gasteiger partial charge in [0.15, 0.2) is 11.7 Å². The molecule has 178 valence electrons. The number of nitrogens with zero attached hydrogens (tertiary/aromatic N) is 1. The zero-order valence-electron chi connectivity index (χ0n) is 20.4. The monoisotopic (exact) mass is 465 g/mol. The first-order chi connectivity index (χ1) is 17.2. The first kappa shape index (κ1) is 23.1. The summed E-state index contributed by atoms with van der Waals surface area (Å²) in [6.07, 6.45) is 5.45. The van der Waals surface area contributed by atoms with Crippen LogP contribution in [-0.2, 0) is 11.2 Å². The summed E-state index contributed by atoms with van der Waals surface area (Å²) in [6.45, 7) is 2.02. The van der Waals surface area contributed by atoms with Gasteiger partial charge in [-0.15, -0.1) is 0 Å². The normalized spacial score (nSPS) is 17.8. The van der Waals surface area contributed by atoms with Crippen molar-refractivity contribution in [2.75, 3.05) is 7.11 Å². The molecule has 1 saturated carbocycles. The summed E-state index contributed by atoms with van der Waals surface area (Å²) in [6, 6.07) is 26.5. The van der Waals surface area contributed by atoms with Crippen LogP contribution in [0.4, 0.5) is 0 Å². The lowest BCUT2D eigenvalue weighted by atomic mass is 9.75. The number of hydrogen-bond acceptors (Lipinski definition) is 4. The van der Waals surface area contributed by atoms with Crippen LogP contribution in [0.2, 0.25) is 0 Å². The Morgan fingerprint density at radius 3 is 2.31 bits per heavy atom. The van der Waals surface area contributed by atoms with Crippen LogP contribution in [0.25, 0.3) is 22.6 Å². The maximum Gasteiger partial charge on any atom is 0.338 e. The molecule has 3 aromatic carbocycles. The second kappa shape index (κ2) is 10.3. The molecule has 0 bridgehead atoms. The first-order valence-electron chi connectivity index (χ1n) is 12.4. The van der Waals surface area contributed by atoms with Gasteiger partial charge in [-0.25, -0.2) is 9.78 Å². The summed E-state index contributed by atoms with van der Waals surface area (Å²) in [7, 11) is 1.43. The number of benzene rings is 3. The molecule has 5 rings (SSSR count). The molecule has 1 aromatic heterocycles. The van der Waals surface area contributed by atoms with Crippen molar-refractivity contribution in [3.8, 4) is 22.6 Å². The van der Waals surface area contributed by atoms with Crippen molar-refractivity contribution < 1.29 is 13.9 Å². The van der Waals surface area contributed by atoms with E-state index in [9.17, 15) is 4.79 Å². The minimum Gasteiger partial charge on any atom is -0.465 e. The van der Waals surface area contributed by atoms with Gasteiger partial charge in [0.1, 0.15) is 5.69 Å². The number of esters is 1. The van der Waals surface area contributed by atoms with Crippen LogP contribution in [0.5, 0.6) is 0 Å². The van der Waals surface area contributed by atoms with Crippen LogP contribution in [0.15, 0.2) is 83.3 Å². The smallest absolute Gasteiger partial charge is 0.338 e. The maximum absolute atomic E-state index is 12.2. The number of hydrogen-bond donors (Lipinski definition) is 0. The predicted molar refractivity (Wildman–Crippen MR) is 138 cm³/mol. The van der Waals surface area contributed by atoms with Crippen molar-refractivity contribution in [2.24, 2.45) is 5.92 Å². The van der Waals surface area contributed by atoms with Crippen LogP contribution in [-0.4, -0.2) is 18.1 Å². The Balaban J connectivity index is 1.51. The van der Waals surface area contributed by atoms with Gasteiger partial charge in [0.25, 0.3) is 0 Å². The molecule has 1 aliphatic rings. The van der Waals surface area contributed by atoms with Crippen molar-refractivity contribution in [3.63, 3.8) is 0 Å². The SMILES string of the molecule is COC(=O)c1cccc(CC2CCCCC2c2nc(-c3ccccc3)c(-c3ccccc3)o2)c1C. The quantitative estimate of drug-likeness (QED) is 0.275. The number of aromatic nitrogens is 1. The molecule has 1 fully saturated rings. The Kier molecular flexibility index (Phi) is 6.80. The highest BCUT2D eigenvalue weighted by atomic mass is 16.5. The van der Waals surface area contributed by atoms with Crippen LogP contribution in [0.3, 0.4) is 0 Å². The standard InChI is InChI=1S/C31H31NO3/c1-21-24(17-11-19-26(21)31(33)34-2)20-25-16-9-10-18-27(25)30-32-28(22-12-5-3-6-13-22)29(35-30)23-14-7-4-8-15-23/h3-8,11-15,17,19,25,27H,9-10,16,18,20H2,1-2H3. The van der Waals surface area contributed by atoms with Gasteiger partial charge < -0.3 is 9.15 Å². The summed E-state index contributed by atoms with van der Waals surface area (Å²) < 4.78 is 11.6. The number of methoxy groups -OCH3 is 1. The summed E-state index contributed by atoms with van der Waals surface area (Å²) in [5.41, 5.74) is 5.86. The van der Waals surface area contributed by atoms with E-state index in [-0.39, 0.29) is 11.9 Å². The van der Waals surface area contributed by atoms with Gasteiger partial charge in [-0.05, 0) is 49.3 Å². The van der Waals surface area contributed by atoms with E-state index in [4.69, 9.17) is 14.1 Å². The fourth-order valence-electron chi connectivity index (χ4n) is 5.37. The molecular weight excluding hydrogens is 434 g/mol. The van der Waals surface area contributed by atoms with Crippen molar-refractivity contribution in [1.82, 2.24) is 4.98 Å². The van der Waals surface area contributed by atoms with Gasteiger partial charge in [0, 0.05) is 17.0 Å². The van der Waals surface area contributed by atoms with E-state index in [0.29, 0.717) is 11.5 Å². The molecule has 0 amide bonds. The van der Waals surface area contributed by atoms with E-state index in [1.807, 2.05) is 55.5 Å². The Hall–Kier alpha value is -3.66. The molecule has 1 heterocycles. The second-order valence-corrected chi connectivity index (χ2v) is 9.40. The third-order valence-corrected chi connectivity index (χ3v) is 7.29. The fraction of sp³-hybridized carbons (Fsp3) is 0.290. The van der Waals surface area contributed by atoms with Gasteiger partial charge in [-0.1, -0.05) is 85.6 Å². The summed E-state index contributed by atoms with van der Waals surface area (Å²) in [5.74, 6) is 2.03.